The van der Waals surface area contributed by atoms with E-state index in [1.54, 1.807) is 12.3 Å². The van der Waals surface area contributed by atoms with Crippen LogP contribution in [0.15, 0.2) is 16.7 Å². The first-order valence-electron chi connectivity index (χ1n) is 5.32. The lowest BCUT2D eigenvalue weighted by Gasteiger charge is -2.13. The SMILES string of the molecule is CN(C)CCNC(=S)NNC(=O)c1cc(Br)c[nH]1. The average Bonchev–Trinajstić information content (AvgIpc) is 2.72. The minimum absolute atomic E-state index is 0.280. The van der Waals surface area contributed by atoms with Crippen LogP contribution in [0.3, 0.4) is 0 Å². The number of amides is 1. The summed E-state index contributed by atoms with van der Waals surface area (Å²) in [5.41, 5.74) is 5.57. The van der Waals surface area contributed by atoms with Gasteiger partial charge in [-0.25, -0.2) is 0 Å². The van der Waals surface area contributed by atoms with Crippen molar-refractivity contribution in [1.29, 1.82) is 0 Å². The minimum Gasteiger partial charge on any atom is -0.360 e. The molecule has 0 aliphatic heterocycles. The molecule has 100 valence electrons. The van der Waals surface area contributed by atoms with E-state index in [-0.39, 0.29) is 5.91 Å². The largest absolute Gasteiger partial charge is 0.360 e. The van der Waals surface area contributed by atoms with Gasteiger partial charge in [0.05, 0.1) is 0 Å². The maximum atomic E-state index is 11.6. The van der Waals surface area contributed by atoms with Gasteiger partial charge in [0.25, 0.3) is 5.91 Å². The summed E-state index contributed by atoms with van der Waals surface area (Å²) in [6.45, 7) is 1.57. The fourth-order valence-electron chi connectivity index (χ4n) is 1.12. The van der Waals surface area contributed by atoms with Crippen molar-refractivity contribution >= 4 is 39.2 Å². The Morgan fingerprint density at radius 1 is 1.50 bits per heavy atom. The van der Waals surface area contributed by atoms with E-state index < -0.39 is 0 Å². The van der Waals surface area contributed by atoms with Gasteiger partial charge in [0, 0.05) is 23.8 Å². The molecule has 0 unspecified atom stereocenters. The predicted molar refractivity (Wildman–Crippen MR) is 78.2 cm³/mol. The van der Waals surface area contributed by atoms with Gasteiger partial charge >= 0.3 is 0 Å². The summed E-state index contributed by atoms with van der Waals surface area (Å²) in [5.74, 6) is -0.280. The summed E-state index contributed by atoms with van der Waals surface area (Å²) >= 11 is 8.26. The van der Waals surface area contributed by atoms with E-state index in [0.717, 1.165) is 11.0 Å². The number of hydrogen-bond donors (Lipinski definition) is 4. The van der Waals surface area contributed by atoms with Crippen molar-refractivity contribution in [2.24, 2.45) is 0 Å². The monoisotopic (exact) mass is 333 g/mol. The topological polar surface area (TPSA) is 72.2 Å². The first kappa shape index (κ1) is 14.9. The van der Waals surface area contributed by atoms with Crippen molar-refractivity contribution in [3.05, 3.63) is 22.4 Å². The van der Waals surface area contributed by atoms with Crippen molar-refractivity contribution in [2.75, 3.05) is 27.2 Å². The Labute approximate surface area is 120 Å². The van der Waals surface area contributed by atoms with E-state index in [4.69, 9.17) is 12.2 Å². The lowest BCUT2D eigenvalue weighted by Crippen LogP contribution is -2.48. The van der Waals surface area contributed by atoms with Gasteiger partial charge < -0.3 is 15.2 Å². The maximum absolute atomic E-state index is 11.6. The standard InChI is InChI=1S/C10H16BrN5OS/c1-16(2)4-3-12-10(18)15-14-9(17)8-5-7(11)6-13-8/h5-6,13H,3-4H2,1-2H3,(H,14,17)(H2,12,15,18). The number of likely N-dealkylation sites (N-methyl/N-ethyl adjacent to an activating group) is 1. The second-order valence-corrected chi connectivity index (χ2v) is 5.19. The average molecular weight is 334 g/mol. The normalized spacial score (nSPS) is 10.2. The number of thiocarbonyl (C=S) groups is 1. The summed E-state index contributed by atoms with van der Waals surface area (Å²) in [6, 6.07) is 1.68. The summed E-state index contributed by atoms with van der Waals surface area (Å²) < 4.78 is 0.819. The van der Waals surface area contributed by atoms with Gasteiger partial charge in [-0.2, -0.15) is 0 Å². The molecule has 0 fully saturated rings. The van der Waals surface area contributed by atoms with Gasteiger partial charge in [0.15, 0.2) is 5.11 Å². The van der Waals surface area contributed by atoms with Gasteiger partial charge in [-0.1, -0.05) is 0 Å². The predicted octanol–water partition coefficient (Wildman–Crippen LogP) is 0.448. The Morgan fingerprint density at radius 2 is 2.22 bits per heavy atom. The van der Waals surface area contributed by atoms with E-state index in [1.807, 2.05) is 19.0 Å². The smallest absolute Gasteiger partial charge is 0.286 e. The van der Waals surface area contributed by atoms with Gasteiger partial charge in [0.2, 0.25) is 0 Å². The van der Waals surface area contributed by atoms with Gasteiger partial charge in [0.1, 0.15) is 5.69 Å². The number of rotatable bonds is 4. The number of aromatic amines is 1. The van der Waals surface area contributed by atoms with Crippen LogP contribution in [0.25, 0.3) is 0 Å². The first-order chi connectivity index (χ1) is 8.49. The van der Waals surface area contributed by atoms with Crippen LogP contribution in [0.1, 0.15) is 10.5 Å². The molecule has 18 heavy (non-hydrogen) atoms. The highest BCUT2D eigenvalue weighted by Crippen LogP contribution is 2.09. The number of nitrogens with one attached hydrogen (secondary N) is 4. The zero-order valence-electron chi connectivity index (χ0n) is 10.2. The third-order valence-electron chi connectivity index (χ3n) is 2.03. The van der Waals surface area contributed by atoms with Crippen molar-refractivity contribution in [2.45, 2.75) is 0 Å². The quantitative estimate of drug-likeness (QED) is 0.475. The molecule has 8 heteroatoms. The molecule has 1 aromatic heterocycles. The highest BCUT2D eigenvalue weighted by Gasteiger charge is 2.07. The van der Waals surface area contributed by atoms with Crippen LogP contribution in [-0.2, 0) is 0 Å². The Balaban J connectivity index is 2.24. The third-order valence-corrected chi connectivity index (χ3v) is 2.73. The second kappa shape index (κ2) is 7.34. The zero-order valence-corrected chi connectivity index (χ0v) is 12.6. The highest BCUT2D eigenvalue weighted by molar-refractivity contribution is 9.10. The van der Waals surface area contributed by atoms with Crippen LogP contribution >= 0.6 is 28.1 Å². The van der Waals surface area contributed by atoms with Crippen LogP contribution in [0.4, 0.5) is 0 Å². The van der Waals surface area contributed by atoms with Crippen LogP contribution in [0.5, 0.6) is 0 Å². The number of hydrazine groups is 1. The third kappa shape index (κ3) is 5.48. The molecule has 1 amide bonds. The second-order valence-electron chi connectivity index (χ2n) is 3.87. The summed E-state index contributed by atoms with van der Waals surface area (Å²) in [7, 11) is 3.95. The molecule has 0 aliphatic carbocycles. The van der Waals surface area contributed by atoms with Crippen LogP contribution in [-0.4, -0.2) is 48.1 Å². The number of carbonyl (C=O) groups is 1. The summed E-state index contributed by atoms with van der Waals surface area (Å²) in [4.78, 5) is 16.5. The van der Waals surface area contributed by atoms with E-state index in [2.05, 4.69) is 37.1 Å². The van der Waals surface area contributed by atoms with E-state index in [9.17, 15) is 4.79 Å². The van der Waals surface area contributed by atoms with Gasteiger partial charge in [-0.3, -0.25) is 15.6 Å². The molecule has 0 aliphatic rings. The molecular formula is C10H16BrN5OS. The summed E-state index contributed by atoms with van der Waals surface area (Å²) in [5, 5.41) is 3.36. The fraction of sp³-hybridized carbons (Fsp3) is 0.400. The molecular weight excluding hydrogens is 318 g/mol. The molecule has 0 radical (unpaired) electrons. The van der Waals surface area contributed by atoms with Crippen LogP contribution < -0.4 is 16.2 Å². The molecule has 0 bridgehead atoms. The molecule has 0 saturated heterocycles. The Hall–Kier alpha value is -1.12. The molecule has 1 rings (SSSR count). The summed E-state index contributed by atoms with van der Waals surface area (Å²) in [6.07, 6.45) is 1.68. The minimum atomic E-state index is -0.280. The number of H-pyrrole nitrogens is 1. The molecule has 0 saturated carbocycles. The molecule has 4 N–H and O–H groups in total. The molecule has 0 aromatic carbocycles. The van der Waals surface area contributed by atoms with Crippen molar-refractivity contribution in [3.8, 4) is 0 Å². The zero-order chi connectivity index (χ0) is 13.5. The van der Waals surface area contributed by atoms with Crippen molar-refractivity contribution in [1.82, 2.24) is 26.1 Å². The number of nitrogens with zero attached hydrogens (tertiary/aromatic N) is 1. The van der Waals surface area contributed by atoms with Gasteiger partial charge in [-0.05, 0) is 48.3 Å². The molecule has 6 nitrogen and oxygen atoms in total. The van der Waals surface area contributed by atoms with Crippen molar-refractivity contribution < 1.29 is 4.79 Å². The first-order valence-corrected chi connectivity index (χ1v) is 6.52. The molecule has 1 aromatic rings. The number of aromatic nitrogens is 1. The Morgan fingerprint density at radius 3 is 2.78 bits per heavy atom. The maximum Gasteiger partial charge on any atom is 0.286 e. The van der Waals surface area contributed by atoms with Gasteiger partial charge in [-0.15, -0.1) is 0 Å². The lowest BCUT2D eigenvalue weighted by molar-refractivity contribution is 0.0939. The molecule has 0 spiro atoms. The molecule has 1 heterocycles. The number of carbonyl (C=O) groups excluding carboxylic acids is 1. The fourth-order valence-corrected chi connectivity index (χ4v) is 1.61. The van der Waals surface area contributed by atoms with Crippen LogP contribution in [0.2, 0.25) is 0 Å². The Bertz CT molecular complexity index is 420. The number of hydrogen-bond acceptors (Lipinski definition) is 3. The van der Waals surface area contributed by atoms with E-state index in [1.165, 1.54) is 0 Å². The van der Waals surface area contributed by atoms with E-state index in [0.29, 0.717) is 17.4 Å². The lowest BCUT2D eigenvalue weighted by atomic mass is 10.4. The molecule has 0 atom stereocenters. The van der Waals surface area contributed by atoms with E-state index >= 15 is 0 Å². The van der Waals surface area contributed by atoms with Crippen molar-refractivity contribution in [3.63, 3.8) is 0 Å². The number of halogens is 1. The Kier molecular flexibility index (Phi) is 6.10. The van der Waals surface area contributed by atoms with Crippen LogP contribution in [0, 0.1) is 0 Å². The highest BCUT2D eigenvalue weighted by atomic mass is 79.9.